The van der Waals surface area contributed by atoms with Crippen molar-refractivity contribution in [3.05, 3.63) is 59.2 Å². The molecule has 0 bridgehead atoms. The van der Waals surface area contributed by atoms with E-state index in [1.807, 2.05) is 18.2 Å². The van der Waals surface area contributed by atoms with Gasteiger partial charge in [-0.3, -0.25) is 0 Å². The summed E-state index contributed by atoms with van der Waals surface area (Å²) in [6.07, 6.45) is 2.19. The third-order valence-corrected chi connectivity index (χ3v) is 4.12. The standard InChI is InChI=1S/C17H17N3O/c18-13-6-8-15-12(9-13)10-21-17(19-15)20-16-7-5-11-3-1-2-4-14(11)16/h1-4,6,8-9,16H,5,7,10,18H2,(H,19,20)/t16-/m1/s1. The minimum Gasteiger partial charge on any atom is -0.460 e. The highest BCUT2D eigenvalue weighted by Crippen LogP contribution is 2.32. The molecule has 0 saturated heterocycles. The Balaban J connectivity index is 1.58. The van der Waals surface area contributed by atoms with E-state index in [1.54, 1.807) is 0 Å². The highest BCUT2D eigenvalue weighted by molar-refractivity contribution is 5.80. The van der Waals surface area contributed by atoms with Gasteiger partial charge in [0, 0.05) is 11.3 Å². The summed E-state index contributed by atoms with van der Waals surface area (Å²) < 4.78 is 5.72. The Kier molecular flexibility index (Phi) is 2.81. The average molecular weight is 279 g/mol. The number of fused-ring (bicyclic) bond motifs is 2. The van der Waals surface area contributed by atoms with Crippen LogP contribution >= 0.6 is 0 Å². The first-order chi connectivity index (χ1) is 10.3. The zero-order valence-electron chi connectivity index (χ0n) is 11.7. The summed E-state index contributed by atoms with van der Waals surface area (Å²) in [4.78, 5) is 4.55. The summed E-state index contributed by atoms with van der Waals surface area (Å²) in [6, 6.07) is 15.2. The molecule has 0 amide bonds. The fraction of sp³-hybridized carbons (Fsp3) is 0.235. The van der Waals surface area contributed by atoms with Crippen molar-refractivity contribution in [2.75, 3.05) is 5.73 Å². The predicted octanol–water partition coefficient (Wildman–Crippen LogP) is 3.06. The summed E-state index contributed by atoms with van der Waals surface area (Å²) in [7, 11) is 0. The van der Waals surface area contributed by atoms with Crippen LogP contribution in [0.4, 0.5) is 11.4 Å². The van der Waals surface area contributed by atoms with E-state index in [4.69, 9.17) is 10.5 Å². The highest BCUT2D eigenvalue weighted by Gasteiger charge is 2.24. The number of aliphatic imine (C=N–C) groups is 1. The second kappa shape index (κ2) is 4.81. The van der Waals surface area contributed by atoms with E-state index in [-0.39, 0.29) is 6.04 Å². The van der Waals surface area contributed by atoms with Crippen LogP contribution in [0.1, 0.15) is 29.2 Å². The van der Waals surface area contributed by atoms with Crippen LogP contribution in [0, 0.1) is 0 Å². The summed E-state index contributed by atoms with van der Waals surface area (Å²) in [5.74, 6) is 0. The molecule has 2 aromatic carbocycles. The summed E-state index contributed by atoms with van der Waals surface area (Å²) in [5, 5.41) is 3.43. The van der Waals surface area contributed by atoms with Gasteiger partial charge in [0.15, 0.2) is 0 Å². The first-order valence-corrected chi connectivity index (χ1v) is 7.24. The van der Waals surface area contributed by atoms with Crippen molar-refractivity contribution >= 4 is 17.4 Å². The van der Waals surface area contributed by atoms with Gasteiger partial charge >= 0.3 is 0 Å². The minimum absolute atomic E-state index is 0.287. The van der Waals surface area contributed by atoms with Gasteiger partial charge in [0.1, 0.15) is 6.61 Å². The van der Waals surface area contributed by atoms with E-state index in [1.165, 1.54) is 11.1 Å². The number of nitrogens with zero attached hydrogens (tertiary/aromatic N) is 1. The maximum absolute atomic E-state index is 5.78. The van der Waals surface area contributed by atoms with Gasteiger partial charge in [-0.25, -0.2) is 0 Å². The Bertz CT molecular complexity index is 724. The molecule has 2 aliphatic rings. The van der Waals surface area contributed by atoms with Crippen LogP contribution in [-0.4, -0.2) is 6.02 Å². The largest absolute Gasteiger partial charge is 0.460 e. The Morgan fingerprint density at radius 2 is 2.05 bits per heavy atom. The van der Waals surface area contributed by atoms with Gasteiger partial charge in [-0.15, -0.1) is 0 Å². The van der Waals surface area contributed by atoms with E-state index in [9.17, 15) is 0 Å². The van der Waals surface area contributed by atoms with Crippen molar-refractivity contribution in [3.63, 3.8) is 0 Å². The SMILES string of the molecule is Nc1ccc2c(c1)COC(N[C@@H]1CCc3ccccc31)=N2. The lowest BCUT2D eigenvalue weighted by Gasteiger charge is -2.21. The van der Waals surface area contributed by atoms with Gasteiger partial charge in [-0.2, -0.15) is 4.99 Å². The quantitative estimate of drug-likeness (QED) is 0.789. The number of nitrogens with one attached hydrogen (secondary N) is 1. The minimum atomic E-state index is 0.287. The van der Waals surface area contributed by atoms with E-state index in [2.05, 4.69) is 34.6 Å². The molecule has 0 spiro atoms. The molecule has 0 saturated carbocycles. The third kappa shape index (κ3) is 2.23. The Morgan fingerprint density at radius 3 is 3.00 bits per heavy atom. The second-order valence-electron chi connectivity index (χ2n) is 5.53. The maximum atomic E-state index is 5.78. The molecule has 106 valence electrons. The van der Waals surface area contributed by atoms with Crippen LogP contribution < -0.4 is 11.1 Å². The first-order valence-electron chi connectivity index (χ1n) is 7.24. The van der Waals surface area contributed by atoms with E-state index < -0.39 is 0 Å². The van der Waals surface area contributed by atoms with Crippen molar-refractivity contribution in [1.29, 1.82) is 0 Å². The Hall–Kier alpha value is -2.49. The van der Waals surface area contributed by atoms with Gasteiger partial charge in [0.05, 0.1) is 11.7 Å². The van der Waals surface area contributed by atoms with Crippen molar-refractivity contribution < 1.29 is 4.74 Å². The van der Waals surface area contributed by atoms with E-state index in [0.717, 1.165) is 29.8 Å². The lowest BCUT2D eigenvalue weighted by molar-refractivity contribution is 0.266. The Morgan fingerprint density at radius 1 is 1.14 bits per heavy atom. The fourth-order valence-electron chi connectivity index (χ4n) is 3.05. The zero-order valence-corrected chi connectivity index (χ0v) is 11.7. The topological polar surface area (TPSA) is 59.6 Å². The van der Waals surface area contributed by atoms with Crippen LogP contribution in [0.25, 0.3) is 0 Å². The number of benzene rings is 2. The number of amidine groups is 1. The van der Waals surface area contributed by atoms with E-state index >= 15 is 0 Å². The van der Waals surface area contributed by atoms with Crippen molar-refractivity contribution in [2.45, 2.75) is 25.5 Å². The number of hydrogen-bond donors (Lipinski definition) is 2. The molecule has 0 radical (unpaired) electrons. The molecule has 1 atom stereocenters. The number of hydrogen-bond acceptors (Lipinski definition) is 4. The first kappa shape index (κ1) is 12.3. The summed E-state index contributed by atoms with van der Waals surface area (Å²) in [5.41, 5.74) is 11.3. The second-order valence-corrected chi connectivity index (χ2v) is 5.53. The number of ether oxygens (including phenoxy) is 1. The van der Waals surface area contributed by atoms with Crippen molar-refractivity contribution in [2.24, 2.45) is 4.99 Å². The van der Waals surface area contributed by atoms with Crippen LogP contribution in [0.15, 0.2) is 47.5 Å². The fourth-order valence-corrected chi connectivity index (χ4v) is 3.05. The molecule has 1 aliphatic carbocycles. The molecule has 1 aliphatic heterocycles. The smallest absolute Gasteiger partial charge is 0.290 e. The molecule has 21 heavy (non-hydrogen) atoms. The van der Waals surface area contributed by atoms with Gasteiger partial charge in [0.25, 0.3) is 6.02 Å². The van der Waals surface area contributed by atoms with Gasteiger partial charge in [0.2, 0.25) is 0 Å². The molecular weight excluding hydrogens is 262 g/mol. The highest BCUT2D eigenvalue weighted by atomic mass is 16.5. The van der Waals surface area contributed by atoms with E-state index in [0.29, 0.717) is 12.6 Å². The van der Waals surface area contributed by atoms with Crippen LogP contribution in [-0.2, 0) is 17.8 Å². The van der Waals surface area contributed by atoms with Crippen LogP contribution in [0.5, 0.6) is 0 Å². The molecule has 4 rings (SSSR count). The number of nitrogens with two attached hydrogens (primary N) is 1. The number of rotatable bonds is 1. The predicted molar refractivity (Wildman–Crippen MR) is 83.4 cm³/mol. The van der Waals surface area contributed by atoms with Gasteiger partial charge < -0.3 is 15.8 Å². The molecule has 3 N–H and O–H groups in total. The zero-order chi connectivity index (χ0) is 14.2. The number of nitrogen functional groups attached to an aromatic ring is 1. The number of aryl methyl sites for hydroxylation is 1. The number of anilines is 1. The summed E-state index contributed by atoms with van der Waals surface area (Å²) >= 11 is 0. The lowest BCUT2D eigenvalue weighted by atomic mass is 10.1. The molecular formula is C17H17N3O. The van der Waals surface area contributed by atoms with Gasteiger partial charge in [-0.05, 0) is 42.2 Å². The molecule has 2 aromatic rings. The van der Waals surface area contributed by atoms with Crippen LogP contribution in [0.3, 0.4) is 0 Å². The van der Waals surface area contributed by atoms with Gasteiger partial charge in [-0.1, -0.05) is 24.3 Å². The molecule has 4 nitrogen and oxygen atoms in total. The third-order valence-electron chi connectivity index (χ3n) is 4.12. The monoisotopic (exact) mass is 279 g/mol. The Labute approximate surface area is 123 Å². The van der Waals surface area contributed by atoms with Crippen LogP contribution in [0.2, 0.25) is 0 Å². The maximum Gasteiger partial charge on any atom is 0.290 e. The molecule has 1 heterocycles. The molecule has 0 aromatic heterocycles. The lowest BCUT2D eigenvalue weighted by Crippen LogP contribution is -2.30. The molecule has 0 unspecified atom stereocenters. The summed E-state index contributed by atoms with van der Waals surface area (Å²) in [6.45, 7) is 0.514. The normalized spacial score (nSPS) is 19.2. The molecule has 0 fully saturated rings. The van der Waals surface area contributed by atoms with Crippen molar-refractivity contribution in [3.8, 4) is 0 Å². The van der Waals surface area contributed by atoms with Crippen molar-refractivity contribution in [1.82, 2.24) is 5.32 Å². The molecule has 4 heteroatoms. The average Bonchev–Trinajstić information content (AvgIpc) is 2.91.